The number of hydrogen-bond acceptors (Lipinski definition) is 7. The van der Waals surface area contributed by atoms with Gasteiger partial charge in [0.1, 0.15) is 10.7 Å². The highest BCUT2D eigenvalue weighted by molar-refractivity contribution is 7.18. The summed E-state index contributed by atoms with van der Waals surface area (Å²) in [7, 11) is 1.65. The summed E-state index contributed by atoms with van der Waals surface area (Å²) in [4.78, 5) is 11.1. The van der Waals surface area contributed by atoms with Crippen molar-refractivity contribution in [2.75, 3.05) is 32.4 Å². The summed E-state index contributed by atoms with van der Waals surface area (Å²) in [5.74, 6) is 6.91. The van der Waals surface area contributed by atoms with Gasteiger partial charge in [-0.05, 0) is 13.0 Å². The monoisotopic (exact) mass is 282 g/mol. The van der Waals surface area contributed by atoms with Crippen LogP contribution in [0.25, 0.3) is 10.2 Å². The maximum absolute atomic E-state index is 5.51. The van der Waals surface area contributed by atoms with Crippen LogP contribution in [-0.2, 0) is 15.9 Å². The van der Waals surface area contributed by atoms with Crippen LogP contribution in [0.5, 0.6) is 0 Å². The van der Waals surface area contributed by atoms with E-state index in [2.05, 4.69) is 15.4 Å². The lowest BCUT2D eigenvalue weighted by Crippen LogP contribution is -2.12. The Morgan fingerprint density at radius 2 is 2.16 bits per heavy atom. The lowest BCUT2D eigenvalue weighted by atomic mass is 10.3. The highest BCUT2D eigenvalue weighted by Gasteiger charge is 2.09. The first-order valence-corrected chi connectivity index (χ1v) is 6.86. The number of hydrogen-bond donors (Lipinski definition) is 2. The molecule has 0 fully saturated rings. The van der Waals surface area contributed by atoms with Gasteiger partial charge < -0.3 is 14.9 Å². The van der Waals surface area contributed by atoms with E-state index in [0.717, 1.165) is 16.0 Å². The first kappa shape index (κ1) is 14.1. The van der Waals surface area contributed by atoms with Crippen molar-refractivity contribution in [1.82, 2.24) is 9.97 Å². The van der Waals surface area contributed by atoms with Crippen molar-refractivity contribution >= 4 is 27.4 Å². The summed E-state index contributed by atoms with van der Waals surface area (Å²) in [5.41, 5.74) is 2.63. The number of nitrogens with zero attached hydrogens (tertiary/aromatic N) is 2. The molecule has 2 aromatic heterocycles. The van der Waals surface area contributed by atoms with Gasteiger partial charge in [0.2, 0.25) is 0 Å². The second kappa shape index (κ2) is 6.76. The summed E-state index contributed by atoms with van der Waals surface area (Å²) in [6, 6.07) is 2.04. The van der Waals surface area contributed by atoms with E-state index in [1.807, 2.05) is 13.0 Å². The van der Waals surface area contributed by atoms with E-state index in [4.69, 9.17) is 15.3 Å². The van der Waals surface area contributed by atoms with Crippen molar-refractivity contribution in [3.05, 3.63) is 16.8 Å². The van der Waals surface area contributed by atoms with Crippen molar-refractivity contribution in [3.63, 3.8) is 0 Å². The molecule has 0 saturated carbocycles. The molecule has 104 valence electrons. The molecule has 0 aliphatic rings. The fraction of sp³-hybridized carbons (Fsp3) is 0.500. The number of nitrogens with one attached hydrogen (secondary N) is 1. The Morgan fingerprint density at radius 3 is 2.89 bits per heavy atom. The average Bonchev–Trinajstić information content (AvgIpc) is 2.77. The summed E-state index contributed by atoms with van der Waals surface area (Å²) >= 11 is 1.64. The molecule has 2 heterocycles. The van der Waals surface area contributed by atoms with Gasteiger partial charge in [0.15, 0.2) is 5.82 Å². The fourth-order valence-electron chi connectivity index (χ4n) is 1.72. The number of rotatable bonds is 7. The molecule has 19 heavy (non-hydrogen) atoms. The molecular formula is C12H18N4O2S. The van der Waals surface area contributed by atoms with Gasteiger partial charge in [0.05, 0.1) is 25.2 Å². The molecule has 0 amide bonds. The zero-order valence-electron chi connectivity index (χ0n) is 11.1. The third-order valence-corrected chi connectivity index (χ3v) is 3.55. The molecule has 0 unspecified atom stereocenters. The first-order valence-electron chi connectivity index (χ1n) is 6.05. The third-order valence-electron chi connectivity index (χ3n) is 2.60. The van der Waals surface area contributed by atoms with Gasteiger partial charge in [-0.25, -0.2) is 15.8 Å². The molecule has 2 aromatic rings. The zero-order chi connectivity index (χ0) is 13.7. The van der Waals surface area contributed by atoms with Crippen LogP contribution >= 0.6 is 11.3 Å². The van der Waals surface area contributed by atoms with Gasteiger partial charge in [-0.3, -0.25) is 0 Å². The van der Waals surface area contributed by atoms with E-state index in [9.17, 15) is 0 Å². The van der Waals surface area contributed by atoms with Crippen LogP contribution in [-0.4, -0.2) is 36.9 Å². The summed E-state index contributed by atoms with van der Waals surface area (Å²) < 4.78 is 10.3. The minimum absolute atomic E-state index is 0.573. The molecule has 0 aliphatic heterocycles. The average molecular weight is 282 g/mol. The highest BCUT2D eigenvalue weighted by atomic mass is 32.1. The van der Waals surface area contributed by atoms with E-state index in [0.29, 0.717) is 32.1 Å². The number of anilines is 1. The minimum Gasteiger partial charge on any atom is -0.382 e. The van der Waals surface area contributed by atoms with Crippen LogP contribution in [0.2, 0.25) is 0 Å². The Kier molecular flexibility index (Phi) is 5.03. The smallest absolute Gasteiger partial charge is 0.152 e. The minimum atomic E-state index is 0.573. The number of ether oxygens (including phenoxy) is 2. The topological polar surface area (TPSA) is 82.3 Å². The molecule has 6 nitrogen and oxygen atoms in total. The van der Waals surface area contributed by atoms with Gasteiger partial charge in [0, 0.05) is 18.4 Å². The second-order valence-electron chi connectivity index (χ2n) is 4.06. The van der Waals surface area contributed by atoms with Crippen molar-refractivity contribution in [2.24, 2.45) is 5.84 Å². The normalized spacial score (nSPS) is 11.1. The van der Waals surface area contributed by atoms with Crippen molar-refractivity contribution in [3.8, 4) is 0 Å². The van der Waals surface area contributed by atoms with E-state index < -0.39 is 0 Å². The van der Waals surface area contributed by atoms with E-state index >= 15 is 0 Å². The number of methoxy groups -OCH3 is 1. The third kappa shape index (κ3) is 3.60. The van der Waals surface area contributed by atoms with Gasteiger partial charge in [-0.15, -0.1) is 11.3 Å². The summed E-state index contributed by atoms with van der Waals surface area (Å²) in [6.07, 6.45) is 0.658. The highest BCUT2D eigenvalue weighted by Crippen LogP contribution is 2.27. The molecule has 7 heteroatoms. The number of nitrogens with two attached hydrogens (primary N) is 1. The number of nitrogen functional groups attached to an aromatic ring is 1. The molecule has 0 aliphatic carbocycles. The summed E-state index contributed by atoms with van der Waals surface area (Å²) in [6.45, 7) is 3.79. The lowest BCUT2D eigenvalue weighted by Gasteiger charge is -2.06. The van der Waals surface area contributed by atoms with Gasteiger partial charge in [0.25, 0.3) is 0 Å². The molecule has 0 spiro atoms. The van der Waals surface area contributed by atoms with Crippen LogP contribution < -0.4 is 11.3 Å². The largest absolute Gasteiger partial charge is 0.382 e. The zero-order valence-corrected chi connectivity index (χ0v) is 11.9. The number of thiophene rings is 1. The lowest BCUT2D eigenvalue weighted by molar-refractivity contribution is 0.0717. The van der Waals surface area contributed by atoms with Crippen LogP contribution in [0.15, 0.2) is 6.07 Å². The van der Waals surface area contributed by atoms with E-state index in [-0.39, 0.29) is 0 Å². The molecule has 0 saturated heterocycles. The van der Waals surface area contributed by atoms with E-state index in [1.165, 1.54) is 4.88 Å². The Bertz CT molecular complexity index is 544. The Hall–Kier alpha value is -1.28. The maximum Gasteiger partial charge on any atom is 0.152 e. The predicted octanol–water partition coefficient (Wildman–Crippen LogP) is 1.49. The van der Waals surface area contributed by atoms with Crippen molar-refractivity contribution in [2.45, 2.75) is 13.3 Å². The number of fused-ring (bicyclic) bond motifs is 1. The number of hydrazine groups is 1. The Morgan fingerprint density at radius 1 is 1.32 bits per heavy atom. The molecule has 0 radical (unpaired) electrons. The first-order chi connectivity index (χ1) is 9.24. The standard InChI is InChI=1S/C12H18N4O2S/c1-8-7-9-11(16-13)14-10(15-12(9)19-8)3-4-18-6-5-17-2/h7H,3-6,13H2,1-2H3,(H,14,15,16). The Balaban J connectivity index is 2.06. The maximum atomic E-state index is 5.51. The fourth-order valence-corrected chi connectivity index (χ4v) is 2.61. The summed E-state index contributed by atoms with van der Waals surface area (Å²) in [5, 5.41) is 0.967. The molecular weight excluding hydrogens is 264 g/mol. The van der Waals surface area contributed by atoms with Crippen LogP contribution in [0, 0.1) is 6.92 Å². The second-order valence-corrected chi connectivity index (χ2v) is 5.30. The van der Waals surface area contributed by atoms with Crippen LogP contribution in [0.3, 0.4) is 0 Å². The number of aryl methyl sites for hydroxylation is 1. The van der Waals surface area contributed by atoms with E-state index in [1.54, 1.807) is 18.4 Å². The molecule has 0 aromatic carbocycles. The molecule has 3 N–H and O–H groups in total. The Labute approximate surface area is 115 Å². The quantitative estimate of drug-likeness (QED) is 0.455. The van der Waals surface area contributed by atoms with Crippen LogP contribution in [0.4, 0.5) is 5.82 Å². The number of aromatic nitrogens is 2. The molecule has 0 bridgehead atoms. The SMILES string of the molecule is COCCOCCc1nc(NN)c2cc(C)sc2n1. The van der Waals surface area contributed by atoms with Gasteiger partial charge >= 0.3 is 0 Å². The molecule has 0 atom stereocenters. The van der Waals surface area contributed by atoms with Crippen LogP contribution in [0.1, 0.15) is 10.7 Å². The predicted molar refractivity (Wildman–Crippen MR) is 76.4 cm³/mol. The van der Waals surface area contributed by atoms with Gasteiger partial charge in [-0.2, -0.15) is 0 Å². The van der Waals surface area contributed by atoms with Crippen molar-refractivity contribution < 1.29 is 9.47 Å². The van der Waals surface area contributed by atoms with Crippen molar-refractivity contribution in [1.29, 1.82) is 0 Å². The molecule has 2 rings (SSSR count). The van der Waals surface area contributed by atoms with Gasteiger partial charge in [-0.1, -0.05) is 0 Å².